The summed E-state index contributed by atoms with van der Waals surface area (Å²) in [7, 11) is -3.77. The van der Waals surface area contributed by atoms with Crippen molar-refractivity contribution in [1.29, 1.82) is 0 Å². The Morgan fingerprint density at radius 1 is 1.27 bits per heavy atom. The summed E-state index contributed by atoms with van der Waals surface area (Å²) in [6.07, 6.45) is 4.29. The summed E-state index contributed by atoms with van der Waals surface area (Å²) < 4.78 is 24.5. The van der Waals surface area contributed by atoms with Crippen LogP contribution in [0.4, 0.5) is 0 Å². The average Bonchev–Trinajstić information content (AvgIpc) is 3.09. The third-order valence-electron chi connectivity index (χ3n) is 4.33. The van der Waals surface area contributed by atoms with Crippen molar-refractivity contribution < 1.29 is 13.2 Å². The summed E-state index contributed by atoms with van der Waals surface area (Å²) in [4.78, 5) is 15.9. The van der Waals surface area contributed by atoms with E-state index in [2.05, 4.69) is 14.9 Å². The van der Waals surface area contributed by atoms with E-state index in [0.717, 1.165) is 24.9 Å². The van der Waals surface area contributed by atoms with Crippen molar-refractivity contribution in [3.8, 4) is 5.69 Å². The predicted molar refractivity (Wildman–Crippen MR) is 95.5 cm³/mol. The summed E-state index contributed by atoms with van der Waals surface area (Å²) in [6, 6.07) is 9.25. The monoisotopic (exact) mass is 378 g/mol. The van der Waals surface area contributed by atoms with Gasteiger partial charge in [0.15, 0.2) is 0 Å². The summed E-state index contributed by atoms with van der Waals surface area (Å²) in [5, 5.41) is 13.5. The fourth-order valence-corrected chi connectivity index (χ4v) is 3.50. The third kappa shape index (κ3) is 4.87. The molecule has 1 aliphatic rings. The van der Waals surface area contributed by atoms with Gasteiger partial charge in [-0.1, -0.05) is 18.2 Å². The highest BCUT2D eigenvalue weighted by Crippen LogP contribution is 2.18. The van der Waals surface area contributed by atoms with Crippen LogP contribution in [0.2, 0.25) is 0 Å². The van der Waals surface area contributed by atoms with E-state index in [4.69, 9.17) is 5.14 Å². The van der Waals surface area contributed by atoms with Gasteiger partial charge in [-0.25, -0.2) is 9.86 Å². The number of rotatable bonds is 6. The molecule has 1 aliphatic heterocycles. The number of aromatic nitrogens is 3. The van der Waals surface area contributed by atoms with Crippen LogP contribution in [0, 0.1) is 0 Å². The molecule has 0 spiro atoms. The highest BCUT2D eigenvalue weighted by atomic mass is 32.2. The van der Waals surface area contributed by atoms with Gasteiger partial charge in [0.05, 0.1) is 24.0 Å². The first-order chi connectivity index (χ1) is 12.4. The quantitative estimate of drug-likeness (QED) is 0.731. The normalized spacial score (nSPS) is 18.0. The molecule has 1 aromatic heterocycles. The Hall–Kier alpha value is -2.30. The van der Waals surface area contributed by atoms with E-state index >= 15 is 0 Å². The Labute approximate surface area is 152 Å². The largest absolute Gasteiger partial charge is 0.338 e. The van der Waals surface area contributed by atoms with Crippen LogP contribution in [0.3, 0.4) is 0 Å². The summed E-state index contributed by atoms with van der Waals surface area (Å²) in [6.45, 7) is 0.726. The molecule has 1 saturated heterocycles. The zero-order valence-corrected chi connectivity index (χ0v) is 15.1. The predicted octanol–water partition coefficient (Wildman–Crippen LogP) is -0.0160. The van der Waals surface area contributed by atoms with E-state index in [1.165, 1.54) is 4.80 Å². The van der Waals surface area contributed by atoms with Crippen molar-refractivity contribution in [3.63, 3.8) is 0 Å². The van der Waals surface area contributed by atoms with Gasteiger partial charge in [-0.15, -0.1) is 0 Å². The summed E-state index contributed by atoms with van der Waals surface area (Å²) >= 11 is 0. The van der Waals surface area contributed by atoms with Crippen molar-refractivity contribution in [2.45, 2.75) is 31.7 Å². The maximum Gasteiger partial charge on any atom is 0.274 e. The number of para-hydroxylation sites is 1. The lowest BCUT2D eigenvalue weighted by Gasteiger charge is -2.35. The molecule has 2 aromatic rings. The van der Waals surface area contributed by atoms with E-state index in [-0.39, 0.29) is 24.9 Å². The molecule has 1 aromatic carbocycles. The minimum atomic E-state index is -3.77. The zero-order chi connectivity index (χ0) is 18.6. The van der Waals surface area contributed by atoms with Crippen LogP contribution in [-0.4, -0.2) is 53.4 Å². The van der Waals surface area contributed by atoms with E-state index in [1.807, 2.05) is 30.3 Å². The number of hydrogen-bond donors (Lipinski definition) is 2. The summed E-state index contributed by atoms with van der Waals surface area (Å²) in [5.41, 5.74) is 1.39. The first kappa shape index (κ1) is 18.5. The molecule has 1 amide bonds. The lowest BCUT2D eigenvalue weighted by molar-refractivity contribution is -0.134. The smallest absolute Gasteiger partial charge is 0.274 e. The van der Waals surface area contributed by atoms with Gasteiger partial charge in [0.1, 0.15) is 0 Å². The molecule has 3 N–H and O–H groups in total. The van der Waals surface area contributed by atoms with Crippen LogP contribution in [-0.2, 0) is 21.4 Å². The van der Waals surface area contributed by atoms with Gasteiger partial charge in [-0.3, -0.25) is 4.79 Å². The Bertz CT molecular complexity index is 852. The van der Waals surface area contributed by atoms with E-state index < -0.39 is 10.2 Å². The number of carbonyl (C=O) groups excluding carboxylic acids is 1. The van der Waals surface area contributed by atoms with Crippen molar-refractivity contribution in [2.75, 3.05) is 13.1 Å². The Morgan fingerprint density at radius 3 is 2.77 bits per heavy atom. The number of nitrogens with two attached hydrogens (primary N) is 1. The van der Waals surface area contributed by atoms with Crippen LogP contribution >= 0.6 is 0 Å². The molecule has 2 heterocycles. The van der Waals surface area contributed by atoms with Gasteiger partial charge in [-0.05, 0) is 31.4 Å². The number of carbonyl (C=O) groups is 1. The van der Waals surface area contributed by atoms with Gasteiger partial charge in [0, 0.05) is 19.1 Å². The number of hydrogen-bond acceptors (Lipinski definition) is 5. The average molecular weight is 378 g/mol. The van der Waals surface area contributed by atoms with Gasteiger partial charge >= 0.3 is 0 Å². The molecular formula is C16H22N6O3S. The molecule has 10 heteroatoms. The third-order valence-corrected chi connectivity index (χ3v) is 4.90. The van der Waals surface area contributed by atoms with Crippen LogP contribution in [0.5, 0.6) is 0 Å². The van der Waals surface area contributed by atoms with Gasteiger partial charge in [-0.2, -0.15) is 23.4 Å². The minimum absolute atomic E-state index is 0.0916. The number of amides is 1. The van der Waals surface area contributed by atoms with Crippen LogP contribution in [0.15, 0.2) is 36.5 Å². The molecule has 0 aliphatic carbocycles. The molecular weight excluding hydrogens is 356 g/mol. The highest BCUT2D eigenvalue weighted by molar-refractivity contribution is 7.87. The lowest BCUT2D eigenvalue weighted by Crippen LogP contribution is -2.50. The van der Waals surface area contributed by atoms with Crippen molar-refractivity contribution in [3.05, 3.63) is 42.2 Å². The summed E-state index contributed by atoms with van der Waals surface area (Å²) in [5.74, 6) is -0.0916. The first-order valence-electron chi connectivity index (χ1n) is 8.46. The molecule has 1 fully saturated rings. The second-order valence-corrected chi connectivity index (χ2v) is 7.65. The molecule has 140 valence electrons. The Kier molecular flexibility index (Phi) is 5.64. The Balaban J connectivity index is 1.65. The molecule has 3 rings (SSSR count). The SMILES string of the molecule is NS(=O)(=O)NCC1CCCCN1C(=O)Cc1cnn(-c2ccccc2)n1. The Morgan fingerprint density at radius 2 is 2.04 bits per heavy atom. The van der Waals surface area contributed by atoms with Crippen molar-refractivity contribution in [1.82, 2.24) is 24.6 Å². The topological polar surface area (TPSA) is 123 Å². The molecule has 0 saturated carbocycles. The molecule has 1 atom stereocenters. The van der Waals surface area contributed by atoms with Crippen molar-refractivity contribution >= 4 is 16.1 Å². The van der Waals surface area contributed by atoms with E-state index in [0.29, 0.717) is 12.2 Å². The van der Waals surface area contributed by atoms with Crippen LogP contribution < -0.4 is 9.86 Å². The number of nitrogens with zero attached hydrogens (tertiary/aromatic N) is 4. The number of likely N-dealkylation sites (tertiary alicyclic amines) is 1. The number of benzene rings is 1. The fraction of sp³-hybridized carbons (Fsp3) is 0.438. The van der Waals surface area contributed by atoms with E-state index in [1.54, 1.807) is 11.1 Å². The maximum absolute atomic E-state index is 12.7. The van der Waals surface area contributed by atoms with Gasteiger partial charge < -0.3 is 4.90 Å². The zero-order valence-electron chi connectivity index (χ0n) is 14.3. The maximum atomic E-state index is 12.7. The molecule has 1 unspecified atom stereocenters. The second kappa shape index (κ2) is 7.94. The fourth-order valence-electron chi connectivity index (χ4n) is 3.07. The van der Waals surface area contributed by atoms with E-state index in [9.17, 15) is 13.2 Å². The van der Waals surface area contributed by atoms with Gasteiger partial charge in [0.2, 0.25) is 5.91 Å². The first-order valence-corrected chi connectivity index (χ1v) is 10.0. The van der Waals surface area contributed by atoms with Crippen LogP contribution in [0.25, 0.3) is 5.69 Å². The number of piperidine rings is 1. The van der Waals surface area contributed by atoms with Crippen molar-refractivity contribution in [2.24, 2.45) is 5.14 Å². The van der Waals surface area contributed by atoms with Crippen LogP contribution in [0.1, 0.15) is 25.0 Å². The highest BCUT2D eigenvalue weighted by Gasteiger charge is 2.27. The molecule has 9 nitrogen and oxygen atoms in total. The van der Waals surface area contributed by atoms with Gasteiger partial charge in [0.25, 0.3) is 10.2 Å². The molecule has 26 heavy (non-hydrogen) atoms. The molecule has 0 radical (unpaired) electrons. The molecule has 0 bridgehead atoms. The second-order valence-electron chi connectivity index (χ2n) is 6.27. The minimum Gasteiger partial charge on any atom is -0.338 e. The number of nitrogens with one attached hydrogen (secondary N) is 1. The lowest BCUT2D eigenvalue weighted by atomic mass is 10.0. The standard InChI is InChI=1S/C16H22N6O3S/c17-26(24,25)19-12-15-8-4-5-9-21(15)16(23)10-13-11-18-22(20-13)14-6-2-1-3-7-14/h1-3,6-7,11,15,19H,4-5,8-10,12H2,(H2,17,24,25).